The van der Waals surface area contributed by atoms with Crippen molar-refractivity contribution in [2.75, 3.05) is 6.26 Å². The van der Waals surface area contributed by atoms with Gasteiger partial charge in [-0.2, -0.15) is 5.10 Å². The van der Waals surface area contributed by atoms with E-state index in [4.69, 9.17) is 0 Å². The lowest BCUT2D eigenvalue weighted by Crippen LogP contribution is -2.30. The molecule has 0 unspecified atom stereocenters. The van der Waals surface area contributed by atoms with Crippen LogP contribution in [0.1, 0.15) is 35.8 Å². The van der Waals surface area contributed by atoms with E-state index in [1.54, 1.807) is 23.0 Å². The lowest BCUT2D eigenvalue weighted by atomic mass is 10.1. The predicted octanol–water partition coefficient (Wildman–Crippen LogP) is 1.08. The smallest absolute Gasteiger partial charge is 0.268 e. The summed E-state index contributed by atoms with van der Waals surface area (Å²) in [6.45, 7) is 3.79. The van der Waals surface area contributed by atoms with Gasteiger partial charge in [-0.15, -0.1) is 0 Å². The van der Waals surface area contributed by atoms with Crippen LogP contribution in [0, 0.1) is 0 Å². The van der Waals surface area contributed by atoms with E-state index in [9.17, 15) is 13.2 Å². The highest BCUT2D eigenvalue weighted by Gasteiger charge is 2.22. The molecule has 0 radical (unpaired) electrons. The van der Waals surface area contributed by atoms with E-state index in [-0.39, 0.29) is 11.5 Å². The number of aromatic nitrogens is 3. The molecule has 0 aliphatic rings. The van der Waals surface area contributed by atoms with Gasteiger partial charge in [0.15, 0.2) is 5.82 Å². The second-order valence-electron chi connectivity index (χ2n) is 4.90. The Kier molecular flexibility index (Phi) is 4.08. The van der Waals surface area contributed by atoms with Gasteiger partial charge in [-0.05, 0) is 18.1 Å². The minimum atomic E-state index is -3.62. The molecule has 2 aromatic rings. The minimum absolute atomic E-state index is 0.0326. The highest BCUT2D eigenvalue weighted by molar-refractivity contribution is 7.89. The van der Waals surface area contributed by atoms with Gasteiger partial charge in [0.1, 0.15) is 0 Å². The number of nitrogens with zero attached hydrogens (tertiary/aromatic N) is 3. The number of rotatable bonds is 4. The van der Waals surface area contributed by atoms with Crippen molar-refractivity contribution in [1.29, 1.82) is 0 Å². The number of carbonyl (C=O) groups is 1. The van der Waals surface area contributed by atoms with Crippen LogP contribution in [0.3, 0.4) is 0 Å². The van der Waals surface area contributed by atoms with E-state index in [1.807, 2.05) is 24.6 Å². The van der Waals surface area contributed by atoms with E-state index in [2.05, 4.69) is 10.1 Å². The van der Waals surface area contributed by atoms with Crippen molar-refractivity contribution in [3.63, 3.8) is 0 Å². The Balaban J connectivity index is 2.50. The van der Waals surface area contributed by atoms with Crippen molar-refractivity contribution in [2.24, 2.45) is 0 Å². The molecular weight excluding hydrogens is 292 g/mol. The van der Waals surface area contributed by atoms with Crippen LogP contribution in [0.15, 0.2) is 30.6 Å². The summed E-state index contributed by atoms with van der Waals surface area (Å²) in [4.78, 5) is 16.3. The van der Waals surface area contributed by atoms with Crippen LogP contribution < -0.4 is 4.72 Å². The third-order valence-electron chi connectivity index (χ3n) is 2.74. The maximum Gasteiger partial charge on any atom is 0.268 e. The van der Waals surface area contributed by atoms with Crippen LogP contribution in [0.5, 0.6) is 0 Å². The van der Waals surface area contributed by atoms with E-state index < -0.39 is 15.9 Å². The fourth-order valence-electron chi connectivity index (χ4n) is 1.97. The van der Waals surface area contributed by atoms with Crippen molar-refractivity contribution in [3.8, 4) is 5.82 Å². The second-order valence-corrected chi connectivity index (χ2v) is 6.65. The predicted molar refractivity (Wildman–Crippen MR) is 77.8 cm³/mol. The Labute approximate surface area is 123 Å². The number of amides is 1. The van der Waals surface area contributed by atoms with Crippen LogP contribution in [0.25, 0.3) is 5.82 Å². The molecule has 2 rings (SSSR count). The van der Waals surface area contributed by atoms with Crippen molar-refractivity contribution >= 4 is 15.9 Å². The van der Waals surface area contributed by atoms with Gasteiger partial charge >= 0.3 is 0 Å². The summed E-state index contributed by atoms with van der Waals surface area (Å²) in [5, 5.41) is 4.16. The lowest BCUT2D eigenvalue weighted by molar-refractivity contribution is 0.0980. The van der Waals surface area contributed by atoms with Crippen molar-refractivity contribution in [3.05, 3.63) is 41.9 Å². The summed E-state index contributed by atoms with van der Waals surface area (Å²) in [6, 6.07) is 5.35. The fraction of sp³-hybridized carbons (Fsp3) is 0.308. The summed E-state index contributed by atoms with van der Waals surface area (Å²) in [7, 11) is -3.62. The van der Waals surface area contributed by atoms with Gasteiger partial charge in [0.05, 0.1) is 23.7 Å². The Bertz CT molecular complexity index is 751. The molecule has 0 bridgehead atoms. The van der Waals surface area contributed by atoms with E-state index in [0.29, 0.717) is 11.5 Å². The van der Waals surface area contributed by atoms with Crippen molar-refractivity contribution in [1.82, 2.24) is 19.5 Å². The summed E-state index contributed by atoms with van der Waals surface area (Å²) in [5.74, 6) is -0.155. The molecule has 0 atom stereocenters. The zero-order chi connectivity index (χ0) is 15.6. The Morgan fingerprint density at radius 3 is 2.57 bits per heavy atom. The molecule has 2 aromatic heterocycles. The molecule has 0 fully saturated rings. The average molecular weight is 308 g/mol. The first-order valence-corrected chi connectivity index (χ1v) is 8.20. The van der Waals surface area contributed by atoms with Gasteiger partial charge in [-0.25, -0.2) is 22.8 Å². The van der Waals surface area contributed by atoms with Gasteiger partial charge in [0.25, 0.3) is 5.91 Å². The molecule has 8 heteroatoms. The largest absolute Gasteiger partial charge is 0.268 e. The van der Waals surface area contributed by atoms with E-state index >= 15 is 0 Å². The molecule has 0 aliphatic carbocycles. The monoisotopic (exact) mass is 308 g/mol. The van der Waals surface area contributed by atoms with Gasteiger partial charge in [-0.3, -0.25) is 4.79 Å². The normalized spacial score (nSPS) is 11.6. The first kappa shape index (κ1) is 15.2. The number of hydrogen-bond acceptors (Lipinski definition) is 5. The number of hydrogen-bond donors (Lipinski definition) is 1. The molecule has 0 spiro atoms. The van der Waals surface area contributed by atoms with Crippen molar-refractivity contribution in [2.45, 2.75) is 19.8 Å². The zero-order valence-corrected chi connectivity index (χ0v) is 12.8. The molecule has 0 saturated heterocycles. The van der Waals surface area contributed by atoms with Crippen LogP contribution in [0.2, 0.25) is 0 Å². The van der Waals surface area contributed by atoms with E-state index in [0.717, 1.165) is 6.26 Å². The molecule has 0 aromatic carbocycles. The summed E-state index contributed by atoms with van der Waals surface area (Å²) >= 11 is 0. The number of sulfonamides is 1. The zero-order valence-electron chi connectivity index (χ0n) is 11.9. The molecule has 7 nitrogen and oxygen atoms in total. The van der Waals surface area contributed by atoms with Gasteiger partial charge in [0, 0.05) is 6.20 Å². The van der Waals surface area contributed by atoms with E-state index in [1.165, 1.54) is 6.20 Å². The van der Waals surface area contributed by atoms with Crippen molar-refractivity contribution < 1.29 is 13.2 Å². The molecule has 112 valence electrons. The van der Waals surface area contributed by atoms with Crippen LogP contribution in [0.4, 0.5) is 0 Å². The molecule has 2 heterocycles. The number of pyridine rings is 1. The SMILES string of the molecule is CC(C)c1c(C(=O)NS(C)(=O)=O)cnn1-c1ccccn1. The second kappa shape index (κ2) is 5.65. The summed E-state index contributed by atoms with van der Waals surface area (Å²) in [5.41, 5.74) is 0.830. The average Bonchev–Trinajstić information content (AvgIpc) is 2.82. The first-order valence-electron chi connectivity index (χ1n) is 6.31. The van der Waals surface area contributed by atoms with Gasteiger partial charge in [0.2, 0.25) is 10.0 Å². The quantitative estimate of drug-likeness (QED) is 0.912. The molecule has 0 saturated carbocycles. The fourth-order valence-corrected chi connectivity index (χ4v) is 2.42. The maximum atomic E-state index is 12.1. The summed E-state index contributed by atoms with van der Waals surface area (Å²) in [6.07, 6.45) is 3.91. The standard InChI is InChI=1S/C13H16N4O3S/c1-9(2)12-10(13(18)16-21(3,19)20)8-15-17(12)11-6-4-5-7-14-11/h4-9H,1-3H3,(H,16,18). The molecule has 0 aliphatic heterocycles. The van der Waals surface area contributed by atoms with Gasteiger partial charge < -0.3 is 0 Å². The maximum absolute atomic E-state index is 12.1. The number of carbonyl (C=O) groups excluding carboxylic acids is 1. The van der Waals surface area contributed by atoms with Crippen LogP contribution in [-0.4, -0.2) is 35.3 Å². The molecule has 21 heavy (non-hydrogen) atoms. The highest BCUT2D eigenvalue weighted by atomic mass is 32.2. The molecule has 1 N–H and O–H groups in total. The Hall–Kier alpha value is -2.22. The third-order valence-corrected chi connectivity index (χ3v) is 3.30. The van der Waals surface area contributed by atoms with Crippen LogP contribution >= 0.6 is 0 Å². The topological polar surface area (TPSA) is 94.0 Å². The Morgan fingerprint density at radius 1 is 1.33 bits per heavy atom. The summed E-state index contributed by atoms with van der Waals surface area (Å²) < 4.78 is 25.9. The molecular formula is C13H16N4O3S. The molecule has 1 amide bonds. The van der Waals surface area contributed by atoms with Gasteiger partial charge in [-0.1, -0.05) is 19.9 Å². The highest BCUT2D eigenvalue weighted by Crippen LogP contribution is 2.22. The number of nitrogens with one attached hydrogen (secondary N) is 1. The first-order chi connectivity index (χ1) is 9.79. The Morgan fingerprint density at radius 2 is 2.05 bits per heavy atom. The minimum Gasteiger partial charge on any atom is -0.268 e. The van der Waals surface area contributed by atoms with Crippen LogP contribution in [-0.2, 0) is 10.0 Å². The third kappa shape index (κ3) is 3.46. The lowest BCUT2D eigenvalue weighted by Gasteiger charge is -2.11.